The first-order valence-electron chi connectivity index (χ1n) is 36.0. The number of hydrogen-bond acceptors (Lipinski definition) is 9. The largest absolute Gasteiger partial charge is 0.411 e. The number of para-hydroxylation sites is 2. The maximum Gasteiger partial charge on any atom is 0.411 e. The van der Waals surface area contributed by atoms with Crippen LogP contribution in [0.25, 0.3) is 66.1 Å². The zero-order valence-electron chi connectivity index (χ0n) is 62.3. The quantitative estimate of drug-likeness (QED) is 0.0654. The Morgan fingerprint density at radius 1 is 0.360 bits per heavy atom. The van der Waals surface area contributed by atoms with E-state index in [4.69, 9.17) is 34.7 Å². The van der Waals surface area contributed by atoms with E-state index in [-0.39, 0.29) is 18.8 Å². The third-order valence-electron chi connectivity index (χ3n) is 20.2. The van der Waals surface area contributed by atoms with Crippen LogP contribution in [-0.4, -0.2) is 87.7 Å². The molecule has 14 aromatic rings. The molecule has 4 N–H and O–H groups in total. The van der Waals surface area contributed by atoms with E-state index < -0.39 is 57.8 Å². The number of fused-ring (bicyclic) bond motifs is 6. The van der Waals surface area contributed by atoms with Crippen molar-refractivity contribution in [2.75, 3.05) is 29.5 Å². The van der Waals surface area contributed by atoms with Crippen molar-refractivity contribution in [3.8, 4) is 22.5 Å². The Kier molecular flexibility index (Phi) is 24.5. The van der Waals surface area contributed by atoms with Crippen molar-refractivity contribution < 1.29 is 57.3 Å². The first kappa shape index (κ1) is 83.6. The van der Waals surface area contributed by atoms with E-state index in [2.05, 4.69) is 138 Å². The minimum Gasteiger partial charge on any atom is -0.399 e. The number of anilines is 3. The lowest BCUT2D eigenvalue weighted by molar-refractivity contribution is -0.425. The van der Waals surface area contributed by atoms with E-state index >= 15 is 26.3 Å². The van der Waals surface area contributed by atoms with Gasteiger partial charge in [-0.1, -0.05) is 171 Å². The number of nitrogens with two attached hydrogens (primary N) is 2. The van der Waals surface area contributed by atoms with Gasteiger partial charge in [0.15, 0.2) is 0 Å². The Bertz CT molecular complexity index is 5300. The molecule has 6 aromatic carbocycles. The fraction of sp³-hybridized carbons (Fsp3) is 0.239. The summed E-state index contributed by atoms with van der Waals surface area (Å²) in [5.41, 5.74) is 12.3. The van der Waals surface area contributed by atoms with Crippen molar-refractivity contribution in [1.82, 2.24) is 39.0 Å². The summed E-state index contributed by atoms with van der Waals surface area (Å²) >= 11 is 12.0. The predicted octanol–water partition coefficient (Wildman–Crippen LogP) is 24.6. The summed E-state index contributed by atoms with van der Waals surface area (Å²) in [6.07, 6.45) is -0.896. The highest BCUT2D eigenvalue weighted by atomic mass is 35.5. The van der Waals surface area contributed by atoms with Crippen LogP contribution in [0.2, 0.25) is 10.0 Å². The molecular weight excluding hydrogens is 1520 g/mol. The van der Waals surface area contributed by atoms with Crippen molar-refractivity contribution >= 4 is 95.9 Å². The zero-order valence-corrected chi connectivity index (χ0v) is 63.8. The number of alkyl halides is 12. The molecule has 1 aliphatic rings. The lowest BCUT2D eigenvalue weighted by Gasteiger charge is -2.38. The van der Waals surface area contributed by atoms with Gasteiger partial charge in [-0.2, -0.15) is 52.7 Å². The molecule has 0 unspecified atom stereocenters. The van der Waals surface area contributed by atoms with E-state index in [0.29, 0.717) is 67.2 Å². The lowest BCUT2D eigenvalue weighted by Crippen LogP contribution is -2.54. The van der Waals surface area contributed by atoms with Crippen LogP contribution in [0.3, 0.4) is 0 Å². The number of hydrogen-bond donors (Lipinski definition) is 2. The van der Waals surface area contributed by atoms with Crippen molar-refractivity contribution in [2.24, 2.45) is 0 Å². The van der Waals surface area contributed by atoms with Crippen LogP contribution in [0.4, 0.5) is 75.4 Å². The van der Waals surface area contributed by atoms with Crippen molar-refractivity contribution in [3.63, 3.8) is 0 Å². The highest BCUT2D eigenvalue weighted by Crippen LogP contribution is 2.58. The van der Waals surface area contributed by atoms with Gasteiger partial charge in [-0.05, 0) is 131 Å². The van der Waals surface area contributed by atoms with E-state index in [9.17, 15) is 26.3 Å². The van der Waals surface area contributed by atoms with Gasteiger partial charge in [0, 0.05) is 152 Å². The van der Waals surface area contributed by atoms with Crippen LogP contribution >= 0.6 is 23.2 Å². The second-order valence-corrected chi connectivity index (χ2v) is 29.3. The fourth-order valence-corrected chi connectivity index (χ4v) is 15.2. The van der Waals surface area contributed by atoms with Crippen LogP contribution in [-0.2, 0) is 10.8 Å². The normalized spacial score (nSPS) is 12.9. The number of benzene rings is 6. The number of nitrogen functional groups attached to an aromatic ring is 2. The minimum absolute atomic E-state index is 0. The van der Waals surface area contributed by atoms with Crippen LogP contribution in [0.1, 0.15) is 131 Å². The monoisotopic (exact) mass is 1600 g/mol. The summed E-state index contributed by atoms with van der Waals surface area (Å²) < 4.78 is 178. The van der Waals surface area contributed by atoms with Crippen molar-refractivity contribution in [1.29, 1.82) is 0 Å². The molecule has 26 heteroatoms. The molecule has 114 heavy (non-hydrogen) atoms. The average molecular weight is 1610 g/mol. The molecular formula is C88H81Cl2F12N12+. The van der Waals surface area contributed by atoms with Crippen molar-refractivity contribution in [3.05, 3.63) is 299 Å². The molecule has 15 rings (SSSR count). The highest BCUT2D eigenvalue weighted by Gasteiger charge is 2.73. The van der Waals surface area contributed by atoms with Gasteiger partial charge in [-0.15, -0.1) is 0 Å². The maximum atomic E-state index is 15.1. The van der Waals surface area contributed by atoms with Gasteiger partial charge in [0.05, 0.1) is 32.1 Å². The predicted molar refractivity (Wildman–Crippen MR) is 432 cm³/mol. The maximum absolute atomic E-state index is 15.1. The molecule has 1 aliphatic heterocycles. The van der Waals surface area contributed by atoms with Gasteiger partial charge in [0.1, 0.15) is 24.5 Å². The third-order valence-corrected chi connectivity index (χ3v) is 20.8. The molecule has 0 saturated carbocycles. The summed E-state index contributed by atoms with van der Waals surface area (Å²) in [5.74, 6) is 2.06. The van der Waals surface area contributed by atoms with E-state index in [1.165, 1.54) is 57.9 Å². The Morgan fingerprint density at radius 3 is 0.912 bits per heavy atom. The van der Waals surface area contributed by atoms with Crippen LogP contribution in [0, 0.1) is 0 Å². The van der Waals surface area contributed by atoms with Gasteiger partial charge in [-0.3, -0.25) is 29.9 Å². The topological polar surface area (TPSA) is 145 Å². The molecule has 0 radical (unpaired) electrons. The number of halogens is 14. The van der Waals surface area contributed by atoms with Gasteiger partial charge in [-0.25, -0.2) is 9.48 Å². The first-order valence-corrected chi connectivity index (χ1v) is 36.8. The molecule has 0 atom stereocenters. The molecule has 590 valence electrons. The van der Waals surface area contributed by atoms with Gasteiger partial charge >= 0.3 is 24.7 Å². The zero-order chi connectivity index (χ0) is 81.3. The van der Waals surface area contributed by atoms with Crippen LogP contribution in [0.15, 0.2) is 244 Å². The van der Waals surface area contributed by atoms with E-state index in [1.54, 1.807) is 120 Å². The third kappa shape index (κ3) is 15.8. The molecule has 0 fully saturated rings. The summed E-state index contributed by atoms with van der Waals surface area (Å²) in [6.45, 7) is 20.5. The van der Waals surface area contributed by atoms with Crippen LogP contribution < -0.4 is 16.4 Å². The summed E-state index contributed by atoms with van der Waals surface area (Å²) in [4.78, 5) is 27.1. The molecule has 0 bridgehead atoms. The molecule has 0 spiro atoms. The fourth-order valence-electron chi connectivity index (χ4n) is 14.8. The second-order valence-electron chi connectivity index (χ2n) is 28.5. The van der Waals surface area contributed by atoms with Crippen molar-refractivity contribution in [2.45, 2.75) is 122 Å². The molecule has 12 nitrogen and oxygen atoms in total. The first-order chi connectivity index (χ1) is 53.6. The Hall–Kier alpha value is -11.4. The van der Waals surface area contributed by atoms with E-state index in [0.717, 1.165) is 119 Å². The van der Waals surface area contributed by atoms with Crippen LogP contribution in [0.5, 0.6) is 0 Å². The van der Waals surface area contributed by atoms with Gasteiger partial charge in [0.2, 0.25) is 17.2 Å². The SMILES string of the molecule is C.CC(C)c1cccc(C(C)C)c1N1C=[N+](c2c(C(C)C)cccc2C(C)C)CC1.Clc1ccncc1-c1cnccc1Cl.FC(F)(F)C(c1ccc(-n2c3ccncc3c3cnccc32)cc1)(c1ccc(-n2c3ccncc3c3cnccc32)cc1)C(F)(F)F.Nc1ccc(C(c2ccc(N)cc2)(C(F)(F)F)C(F)(F)F)cc1. The van der Waals surface area contributed by atoms with Gasteiger partial charge < -0.3 is 20.6 Å². The molecule has 9 heterocycles. The Balaban J connectivity index is 0.000000164. The number of pyridine rings is 6. The second kappa shape index (κ2) is 33.4. The lowest BCUT2D eigenvalue weighted by atomic mass is 9.73. The summed E-state index contributed by atoms with van der Waals surface area (Å²) in [7, 11) is 0. The molecule has 0 aliphatic carbocycles. The Morgan fingerprint density at radius 2 is 0.632 bits per heavy atom. The number of nitrogens with zero attached hydrogens (tertiary/aromatic N) is 10. The molecule has 0 saturated heterocycles. The highest BCUT2D eigenvalue weighted by molar-refractivity contribution is 6.36. The average Bonchev–Trinajstić information content (AvgIpc) is 0.986. The number of aromatic nitrogens is 8. The summed E-state index contributed by atoms with van der Waals surface area (Å²) in [5, 5.41) is 4.22. The Labute approximate surface area is 661 Å². The summed E-state index contributed by atoms with van der Waals surface area (Å²) in [6, 6.07) is 39.7. The smallest absolute Gasteiger partial charge is 0.399 e. The standard InChI is InChI=1S/C35H20F6N6.C27H39N2.C15H12F6N2.C10H6Cl2N2.CH4/c36-34(37,38)33(35(39,40)41,21-1-5-23(6-2-21)46-29-9-13-42-17-25(29)26-18-43-14-10-30(26)46)22-3-7-24(8-4-22)47-31-11-15-44-19-27(31)28-20-45-16-12-32(28)47;1-18(2)22-11-9-12-23(19(3)4)26(22)28-15-16-29(17-28)27-24(20(5)6)13-10-14-25(27)21(7)8;16-14(17,18)13(15(19,20)21,9-1-5-11(22)6-2-9)10-3-7-12(23)8-4-10;11-9-1-3-13-5-7(9)8-6-14-4-2-10(8)12;/h1-20H;9-14,17-21H,15-16H2,1-8H3;1-8H,22-23H2;1-6H;1H4/q;+1;;;. The number of rotatable bonds is 13. The minimum atomic E-state index is -5.73. The molecule has 0 amide bonds. The van der Waals surface area contributed by atoms with Gasteiger partial charge in [0.25, 0.3) is 0 Å². The molecule has 8 aromatic heterocycles. The van der Waals surface area contributed by atoms with E-state index in [1.807, 2.05) is 0 Å².